The van der Waals surface area contributed by atoms with E-state index in [1.165, 1.54) is 32.9 Å². The van der Waals surface area contributed by atoms with Crippen molar-refractivity contribution >= 4 is 19.2 Å². The van der Waals surface area contributed by atoms with E-state index in [9.17, 15) is 0 Å². The van der Waals surface area contributed by atoms with Crippen molar-refractivity contribution in [1.82, 2.24) is 4.90 Å². The lowest BCUT2D eigenvalue weighted by atomic mass is 9.80. The molecule has 33 heavy (non-hydrogen) atoms. The first-order valence-corrected chi connectivity index (χ1v) is 12.8. The second-order valence-electron chi connectivity index (χ2n) is 11.2. The van der Waals surface area contributed by atoms with Crippen molar-refractivity contribution in [2.45, 2.75) is 65.5 Å². The van der Waals surface area contributed by atoms with Crippen molar-refractivity contribution in [3.8, 4) is 5.75 Å². The molecule has 3 aromatic carbocycles. The molecule has 0 saturated carbocycles. The van der Waals surface area contributed by atoms with E-state index in [0.29, 0.717) is 15.2 Å². The van der Waals surface area contributed by atoms with E-state index in [4.69, 9.17) is 4.74 Å². The number of hydrogen-bond donors (Lipinski definition) is 0. The molecule has 176 valence electrons. The Kier molecular flexibility index (Phi) is 8.04. The fourth-order valence-corrected chi connectivity index (χ4v) is 5.20. The molecule has 0 heterocycles. The topological polar surface area (TPSA) is 12.5 Å². The summed E-state index contributed by atoms with van der Waals surface area (Å²) in [7, 11) is 4.80. The third kappa shape index (κ3) is 6.92. The van der Waals surface area contributed by atoms with Gasteiger partial charge in [-0.2, -0.15) is 0 Å². The van der Waals surface area contributed by atoms with Crippen molar-refractivity contribution in [2.75, 3.05) is 14.1 Å². The summed E-state index contributed by atoms with van der Waals surface area (Å²) in [4.78, 5) is 2.24. The summed E-state index contributed by atoms with van der Waals surface area (Å²) in [5.74, 6) is 1.05. The van der Waals surface area contributed by atoms with Gasteiger partial charge in [-0.05, 0) is 53.0 Å². The Morgan fingerprint density at radius 2 is 1.39 bits per heavy atom. The minimum Gasteiger partial charge on any atom is -0.488 e. The van der Waals surface area contributed by atoms with Crippen LogP contribution in [0.15, 0.2) is 66.7 Å². The Morgan fingerprint density at radius 3 is 2.00 bits per heavy atom. The predicted octanol–water partition coefficient (Wildman–Crippen LogP) is 6.55. The summed E-state index contributed by atoms with van der Waals surface area (Å²) < 4.78 is 6.64. The van der Waals surface area contributed by atoms with Crippen molar-refractivity contribution in [2.24, 2.45) is 0 Å². The fourth-order valence-electron chi connectivity index (χ4n) is 3.86. The van der Waals surface area contributed by atoms with Crippen molar-refractivity contribution in [3.63, 3.8) is 0 Å². The van der Waals surface area contributed by atoms with Gasteiger partial charge in [0.1, 0.15) is 12.4 Å². The van der Waals surface area contributed by atoms with Gasteiger partial charge in [0.25, 0.3) is 0 Å². The van der Waals surface area contributed by atoms with Gasteiger partial charge in [0.05, 0.1) is 0 Å². The van der Waals surface area contributed by atoms with Crippen LogP contribution in [-0.4, -0.2) is 19.0 Å². The molecule has 0 N–H and O–H groups in total. The van der Waals surface area contributed by atoms with Crippen LogP contribution >= 0.6 is 8.58 Å². The molecule has 3 aromatic rings. The van der Waals surface area contributed by atoms with Gasteiger partial charge in [-0.3, -0.25) is 0 Å². The number of benzene rings is 3. The highest BCUT2D eigenvalue weighted by atomic mass is 31.1. The maximum absolute atomic E-state index is 6.64. The predicted molar refractivity (Wildman–Crippen MR) is 146 cm³/mol. The van der Waals surface area contributed by atoms with Crippen LogP contribution in [-0.2, 0) is 24.0 Å². The number of ether oxygens (including phenoxy) is 1. The first-order chi connectivity index (χ1) is 15.4. The van der Waals surface area contributed by atoms with Crippen molar-refractivity contribution in [3.05, 3.63) is 89.0 Å². The van der Waals surface area contributed by atoms with Gasteiger partial charge in [0, 0.05) is 17.4 Å². The zero-order chi connectivity index (χ0) is 24.2. The fraction of sp³-hybridized carbons (Fsp3) is 0.400. The van der Waals surface area contributed by atoms with Gasteiger partial charge in [-0.15, -0.1) is 0 Å². The van der Waals surface area contributed by atoms with E-state index in [0.717, 1.165) is 12.3 Å². The zero-order valence-corrected chi connectivity index (χ0v) is 22.6. The average molecular weight is 462 g/mol. The Balaban J connectivity index is 2.13. The summed E-state index contributed by atoms with van der Waals surface area (Å²) in [5.41, 5.74) is 5.29. The van der Waals surface area contributed by atoms with Crippen LogP contribution in [0, 0.1) is 0 Å². The standard InChI is InChI=1S/C30H40NOP/c1-29(2,3)24-18-25(30(4,5)6)28(32-21-22-14-10-9-11-15-22)27(19-24)33-26-17-13-12-16-23(26)20-31(7)8/h9-19,33H,20-21H2,1-8H3. The molecule has 2 nitrogen and oxygen atoms in total. The Labute approximate surface area is 203 Å². The lowest BCUT2D eigenvalue weighted by molar-refractivity contribution is 0.300. The van der Waals surface area contributed by atoms with Gasteiger partial charge in [0.2, 0.25) is 0 Å². The van der Waals surface area contributed by atoms with Gasteiger partial charge in [-0.1, -0.05) is 111 Å². The van der Waals surface area contributed by atoms with Crippen LogP contribution in [0.4, 0.5) is 0 Å². The summed E-state index contributed by atoms with van der Waals surface area (Å²) in [6.07, 6.45) is 0. The molecule has 0 amide bonds. The van der Waals surface area contributed by atoms with Gasteiger partial charge >= 0.3 is 0 Å². The monoisotopic (exact) mass is 461 g/mol. The lowest BCUT2D eigenvalue weighted by Gasteiger charge is -2.30. The number of nitrogens with zero attached hydrogens (tertiary/aromatic N) is 1. The van der Waals surface area contributed by atoms with Crippen LogP contribution in [0.1, 0.15) is 63.8 Å². The third-order valence-corrected chi connectivity index (χ3v) is 7.16. The average Bonchev–Trinajstić information content (AvgIpc) is 2.72. The van der Waals surface area contributed by atoms with Crippen molar-refractivity contribution < 1.29 is 4.74 Å². The molecule has 3 rings (SSSR count). The SMILES string of the molecule is CN(C)Cc1ccccc1Pc1cc(C(C)(C)C)cc(C(C)(C)C)c1OCc1ccccc1. The summed E-state index contributed by atoms with van der Waals surface area (Å²) in [5, 5.41) is 2.69. The Hall–Kier alpha value is -2.15. The molecule has 0 bridgehead atoms. The highest BCUT2D eigenvalue weighted by Crippen LogP contribution is 2.37. The van der Waals surface area contributed by atoms with E-state index in [1.54, 1.807) is 0 Å². The molecule has 0 aliphatic rings. The van der Waals surface area contributed by atoms with Crippen LogP contribution in [0.5, 0.6) is 5.75 Å². The van der Waals surface area contributed by atoms with Crippen LogP contribution < -0.4 is 15.3 Å². The van der Waals surface area contributed by atoms with E-state index >= 15 is 0 Å². The third-order valence-electron chi connectivity index (χ3n) is 5.76. The van der Waals surface area contributed by atoms with Gasteiger partial charge in [-0.25, -0.2) is 0 Å². The molecule has 0 radical (unpaired) electrons. The molecule has 0 fully saturated rings. The van der Waals surface area contributed by atoms with E-state index < -0.39 is 0 Å². The van der Waals surface area contributed by atoms with Crippen molar-refractivity contribution in [1.29, 1.82) is 0 Å². The molecule has 0 spiro atoms. The Bertz CT molecular complexity index is 1060. The molecule has 1 atom stereocenters. The summed E-state index contributed by atoms with van der Waals surface area (Å²) in [6, 6.07) is 24.1. The first kappa shape index (κ1) is 25.5. The summed E-state index contributed by atoms with van der Waals surface area (Å²) >= 11 is 0. The van der Waals surface area contributed by atoms with Crippen LogP contribution in [0.2, 0.25) is 0 Å². The molecular formula is C30H40NOP. The molecule has 0 aliphatic carbocycles. The minimum absolute atomic E-state index is 0.0182. The lowest BCUT2D eigenvalue weighted by Crippen LogP contribution is -2.24. The second kappa shape index (κ2) is 10.4. The second-order valence-corrected chi connectivity index (χ2v) is 12.5. The van der Waals surface area contributed by atoms with E-state index in [1.807, 2.05) is 0 Å². The van der Waals surface area contributed by atoms with Crippen LogP contribution in [0.25, 0.3) is 0 Å². The van der Waals surface area contributed by atoms with Gasteiger partial charge in [0.15, 0.2) is 0 Å². The minimum atomic E-state index is -0.0182. The molecular weight excluding hydrogens is 421 g/mol. The maximum atomic E-state index is 6.64. The maximum Gasteiger partial charge on any atom is 0.131 e. The molecule has 0 saturated heterocycles. The smallest absolute Gasteiger partial charge is 0.131 e. The first-order valence-electron chi connectivity index (χ1n) is 11.8. The van der Waals surface area contributed by atoms with E-state index in [-0.39, 0.29) is 10.8 Å². The molecule has 0 aliphatic heterocycles. The number of hydrogen-bond acceptors (Lipinski definition) is 2. The van der Waals surface area contributed by atoms with Gasteiger partial charge < -0.3 is 9.64 Å². The summed E-state index contributed by atoms with van der Waals surface area (Å²) in [6.45, 7) is 15.3. The normalized spacial score (nSPS) is 12.6. The number of rotatable bonds is 7. The zero-order valence-electron chi connectivity index (χ0n) is 21.6. The molecule has 0 aromatic heterocycles. The Morgan fingerprint density at radius 1 is 0.758 bits per heavy atom. The highest BCUT2D eigenvalue weighted by Gasteiger charge is 2.26. The largest absolute Gasteiger partial charge is 0.488 e. The highest BCUT2D eigenvalue weighted by molar-refractivity contribution is 7.55. The van der Waals surface area contributed by atoms with Crippen LogP contribution in [0.3, 0.4) is 0 Å². The molecule has 1 unspecified atom stereocenters. The van der Waals surface area contributed by atoms with E-state index in [2.05, 4.69) is 127 Å². The quantitative estimate of drug-likeness (QED) is 0.370. The molecule has 3 heteroatoms.